The Morgan fingerprint density at radius 2 is 1.94 bits per heavy atom. The lowest BCUT2D eigenvalue weighted by Gasteiger charge is -2.31. The molecule has 31 heavy (non-hydrogen) atoms. The highest BCUT2D eigenvalue weighted by Gasteiger charge is 2.25. The number of likely N-dealkylation sites (tertiary alicyclic amines) is 1. The first-order chi connectivity index (χ1) is 14.9. The highest BCUT2D eigenvalue weighted by molar-refractivity contribution is 7.88. The number of hydrogen-bond acceptors (Lipinski definition) is 5. The molecule has 1 aromatic heterocycles. The lowest BCUT2D eigenvalue weighted by molar-refractivity contribution is 0.107. The molecule has 1 fully saturated rings. The molecule has 2 aliphatic heterocycles. The summed E-state index contributed by atoms with van der Waals surface area (Å²) in [6, 6.07) is 7.67. The molecular formula is C23H34N4O3S. The smallest absolute Gasteiger partial charge is 0.215 e. The van der Waals surface area contributed by atoms with Crippen LogP contribution < -0.4 is 4.72 Å². The van der Waals surface area contributed by atoms with E-state index in [2.05, 4.69) is 21.2 Å². The molecule has 0 spiro atoms. The van der Waals surface area contributed by atoms with Gasteiger partial charge in [-0.3, -0.25) is 9.58 Å². The van der Waals surface area contributed by atoms with Gasteiger partial charge in [0.1, 0.15) is 0 Å². The maximum atomic E-state index is 12.5. The van der Waals surface area contributed by atoms with Crippen molar-refractivity contribution in [2.45, 2.75) is 58.6 Å². The van der Waals surface area contributed by atoms with Crippen molar-refractivity contribution >= 4 is 10.0 Å². The third-order valence-electron chi connectivity index (χ3n) is 6.43. The Bertz CT molecular complexity index is 977. The van der Waals surface area contributed by atoms with Crippen molar-refractivity contribution in [2.75, 3.05) is 26.2 Å². The van der Waals surface area contributed by atoms with Crippen molar-refractivity contribution in [1.29, 1.82) is 0 Å². The Labute approximate surface area is 185 Å². The molecule has 1 aromatic carbocycles. The highest BCUT2D eigenvalue weighted by Crippen LogP contribution is 2.24. The van der Waals surface area contributed by atoms with Crippen LogP contribution in [0.4, 0.5) is 0 Å². The van der Waals surface area contributed by atoms with Crippen LogP contribution in [0.25, 0.3) is 0 Å². The number of nitrogens with one attached hydrogen (secondary N) is 1. The molecule has 170 valence electrons. The molecule has 0 saturated carbocycles. The van der Waals surface area contributed by atoms with E-state index >= 15 is 0 Å². The molecule has 8 heteroatoms. The van der Waals surface area contributed by atoms with Gasteiger partial charge in [0.25, 0.3) is 0 Å². The Morgan fingerprint density at radius 1 is 1.19 bits per heavy atom. The van der Waals surface area contributed by atoms with Gasteiger partial charge in [0.05, 0.1) is 24.7 Å². The molecule has 1 N–H and O–H groups in total. The van der Waals surface area contributed by atoms with Gasteiger partial charge < -0.3 is 4.74 Å². The van der Waals surface area contributed by atoms with Crippen LogP contribution in [0.1, 0.15) is 47.8 Å². The van der Waals surface area contributed by atoms with Gasteiger partial charge >= 0.3 is 0 Å². The molecule has 3 heterocycles. The highest BCUT2D eigenvalue weighted by atomic mass is 32.2. The van der Waals surface area contributed by atoms with Crippen molar-refractivity contribution in [1.82, 2.24) is 19.4 Å². The zero-order valence-electron chi connectivity index (χ0n) is 18.6. The molecule has 0 atom stereocenters. The van der Waals surface area contributed by atoms with E-state index in [-0.39, 0.29) is 5.75 Å². The van der Waals surface area contributed by atoms with Gasteiger partial charge in [0.2, 0.25) is 10.0 Å². The summed E-state index contributed by atoms with van der Waals surface area (Å²) in [6.07, 6.45) is 2.95. The van der Waals surface area contributed by atoms with Crippen molar-refractivity contribution in [3.05, 3.63) is 52.3 Å². The second-order valence-corrected chi connectivity index (χ2v) is 10.6. The van der Waals surface area contributed by atoms with Gasteiger partial charge in [0, 0.05) is 37.3 Å². The van der Waals surface area contributed by atoms with Crippen LogP contribution in [-0.2, 0) is 46.6 Å². The predicted octanol–water partition coefficient (Wildman–Crippen LogP) is 2.62. The maximum absolute atomic E-state index is 12.5. The standard InChI is InChI=1S/C23H34N4O3S/c1-3-27-23-10-13-30-16-21(23)22(25-27)15-26-11-8-19(9-12-26)14-24-31(28,29)17-20-6-4-18(2)5-7-20/h4-7,19,24H,3,8-17H2,1-2H3. The number of benzene rings is 1. The van der Waals surface area contributed by atoms with E-state index in [4.69, 9.17) is 9.84 Å². The first-order valence-electron chi connectivity index (χ1n) is 11.3. The summed E-state index contributed by atoms with van der Waals surface area (Å²) in [7, 11) is -3.31. The second-order valence-electron chi connectivity index (χ2n) is 8.80. The molecule has 0 aliphatic carbocycles. The number of fused-ring (bicyclic) bond motifs is 1. The largest absolute Gasteiger partial charge is 0.376 e. The van der Waals surface area contributed by atoms with Gasteiger partial charge in [-0.05, 0) is 51.3 Å². The minimum atomic E-state index is -3.31. The number of sulfonamides is 1. The molecule has 0 radical (unpaired) electrons. The molecule has 0 unspecified atom stereocenters. The van der Waals surface area contributed by atoms with Gasteiger partial charge in [-0.2, -0.15) is 5.10 Å². The minimum absolute atomic E-state index is 0.0411. The fourth-order valence-electron chi connectivity index (χ4n) is 4.53. The number of piperidine rings is 1. The molecule has 0 amide bonds. The Balaban J connectivity index is 1.25. The first kappa shape index (κ1) is 22.5. The SMILES string of the molecule is CCn1nc(CN2CCC(CNS(=O)(=O)Cc3ccc(C)cc3)CC2)c2c1CCOC2. The summed E-state index contributed by atoms with van der Waals surface area (Å²) >= 11 is 0. The fourth-order valence-corrected chi connectivity index (χ4v) is 5.75. The Kier molecular flexibility index (Phi) is 7.11. The number of aryl methyl sites for hydroxylation is 2. The summed E-state index contributed by atoms with van der Waals surface area (Å²) < 4.78 is 35.5. The average Bonchev–Trinajstić information content (AvgIpc) is 3.12. The van der Waals surface area contributed by atoms with Crippen molar-refractivity contribution in [3.8, 4) is 0 Å². The van der Waals surface area contributed by atoms with Crippen LogP contribution in [-0.4, -0.2) is 49.3 Å². The van der Waals surface area contributed by atoms with E-state index in [1.54, 1.807) is 0 Å². The van der Waals surface area contributed by atoms with Gasteiger partial charge in [0.15, 0.2) is 0 Å². The second kappa shape index (κ2) is 9.81. The molecule has 2 aliphatic rings. The van der Waals surface area contributed by atoms with Crippen LogP contribution in [0.5, 0.6) is 0 Å². The quantitative estimate of drug-likeness (QED) is 0.675. The van der Waals surface area contributed by atoms with Gasteiger partial charge in [-0.25, -0.2) is 13.1 Å². The van der Waals surface area contributed by atoms with Crippen LogP contribution in [0.2, 0.25) is 0 Å². The van der Waals surface area contributed by atoms with Crippen molar-refractivity contribution in [2.24, 2.45) is 5.92 Å². The lowest BCUT2D eigenvalue weighted by Crippen LogP contribution is -2.38. The zero-order chi connectivity index (χ0) is 21.8. The summed E-state index contributed by atoms with van der Waals surface area (Å²) in [5.74, 6) is 0.425. The number of aromatic nitrogens is 2. The van der Waals surface area contributed by atoms with E-state index in [0.717, 1.165) is 68.9 Å². The molecular weight excluding hydrogens is 412 g/mol. The summed E-state index contributed by atoms with van der Waals surface area (Å²) in [5.41, 5.74) is 5.72. The number of rotatable bonds is 8. The number of ether oxygens (including phenoxy) is 1. The maximum Gasteiger partial charge on any atom is 0.215 e. The third kappa shape index (κ3) is 5.74. The molecule has 7 nitrogen and oxygen atoms in total. The van der Waals surface area contributed by atoms with Crippen molar-refractivity contribution in [3.63, 3.8) is 0 Å². The zero-order valence-corrected chi connectivity index (χ0v) is 19.5. The van der Waals surface area contributed by atoms with E-state index < -0.39 is 10.0 Å². The molecule has 0 bridgehead atoms. The normalized spacial score (nSPS) is 18.3. The van der Waals surface area contributed by atoms with E-state index in [1.165, 1.54) is 11.3 Å². The summed E-state index contributed by atoms with van der Waals surface area (Å²) in [5, 5.41) is 4.84. The Hall–Kier alpha value is -1.74. The fraction of sp³-hybridized carbons (Fsp3) is 0.609. The average molecular weight is 447 g/mol. The van der Waals surface area contributed by atoms with Gasteiger partial charge in [-0.15, -0.1) is 0 Å². The summed E-state index contributed by atoms with van der Waals surface area (Å²) in [4.78, 5) is 2.44. The van der Waals surface area contributed by atoms with E-state index in [1.807, 2.05) is 31.2 Å². The predicted molar refractivity (Wildman–Crippen MR) is 121 cm³/mol. The molecule has 4 rings (SSSR count). The van der Waals surface area contributed by atoms with Crippen LogP contribution >= 0.6 is 0 Å². The minimum Gasteiger partial charge on any atom is -0.376 e. The van der Waals surface area contributed by atoms with E-state index in [0.29, 0.717) is 19.1 Å². The molecule has 1 saturated heterocycles. The molecule has 2 aromatic rings. The first-order valence-corrected chi connectivity index (χ1v) is 13.0. The number of hydrogen-bond donors (Lipinski definition) is 1. The van der Waals surface area contributed by atoms with Crippen LogP contribution in [0, 0.1) is 12.8 Å². The number of nitrogens with zero attached hydrogens (tertiary/aromatic N) is 3. The third-order valence-corrected chi connectivity index (χ3v) is 7.75. The van der Waals surface area contributed by atoms with E-state index in [9.17, 15) is 8.42 Å². The lowest BCUT2D eigenvalue weighted by atomic mass is 9.97. The van der Waals surface area contributed by atoms with Crippen molar-refractivity contribution < 1.29 is 13.2 Å². The topological polar surface area (TPSA) is 76.5 Å². The van der Waals surface area contributed by atoms with Crippen LogP contribution in [0.15, 0.2) is 24.3 Å². The summed E-state index contributed by atoms with van der Waals surface area (Å²) in [6.45, 7) is 9.80. The monoisotopic (exact) mass is 446 g/mol. The van der Waals surface area contributed by atoms with Gasteiger partial charge in [-0.1, -0.05) is 29.8 Å². The Morgan fingerprint density at radius 3 is 2.65 bits per heavy atom. The van der Waals surface area contributed by atoms with Crippen LogP contribution in [0.3, 0.4) is 0 Å².